The number of aryl methyl sites for hydroxylation is 2. The van der Waals surface area contributed by atoms with Gasteiger partial charge in [0.2, 0.25) is 0 Å². The van der Waals surface area contributed by atoms with Gasteiger partial charge < -0.3 is 4.90 Å². The molecule has 0 aliphatic carbocycles. The number of hydrogen-bond acceptors (Lipinski definition) is 5. The van der Waals surface area contributed by atoms with E-state index >= 15 is 0 Å². The van der Waals surface area contributed by atoms with Crippen LogP contribution in [0, 0.1) is 13.8 Å². The van der Waals surface area contributed by atoms with Gasteiger partial charge in [-0.05, 0) is 26.0 Å². The zero-order valence-electron chi connectivity index (χ0n) is 16.1. The average molecular weight is 392 g/mol. The maximum atomic E-state index is 13.4. The van der Waals surface area contributed by atoms with Crippen LogP contribution >= 0.6 is 11.3 Å². The zero-order chi connectivity index (χ0) is 19.7. The maximum absolute atomic E-state index is 13.4. The van der Waals surface area contributed by atoms with Crippen molar-refractivity contribution >= 4 is 28.1 Å². The van der Waals surface area contributed by atoms with E-state index in [0.29, 0.717) is 18.7 Å². The Bertz CT molecular complexity index is 1130. The second-order valence-electron chi connectivity index (χ2n) is 6.78. The number of benzene rings is 1. The van der Waals surface area contributed by atoms with Crippen molar-refractivity contribution in [1.82, 2.24) is 24.6 Å². The largest absolute Gasteiger partial charge is 0.327 e. The molecule has 0 fully saturated rings. The van der Waals surface area contributed by atoms with E-state index < -0.39 is 0 Å². The standard InChI is InChI=1S/C21H21N5OS/c1-14-18(15(2)25(3)24-14)12-26(13-20-22-8-9-28-20)21(27)17-10-16-6-4-5-7-19(16)23-11-17/h4-11H,12-13H2,1-3H3. The van der Waals surface area contributed by atoms with Crippen LogP contribution in [0.4, 0.5) is 0 Å². The molecule has 3 aromatic heterocycles. The second kappa shape index (κ2) is 7.52. The molecule has 0 atom stereocenters. The molecule has 142 valence electrons. The molecule has 0 saturated carbocycles. The summed E-state index contributed by atoms with van der Waals surface area (Å²) in [4.78, 5) is 24.0. The summed E-state index contributed by atoms with van der Waals surface area (Å²) in [5.74, 6) is -0.0592. The highest BCUT2D eigenvalue weighted by Gasteiger charge is 2.21. The summed E-state index contributed by atoms with van der Waals surface area (Å²) < 4.78 is 1.86. The third-order valence-corrected chi connectivity index (χ3v) is 5.71. The molecule has 0 bridgehead atoms. The Labute approximate surface area is 167 Å². The van der Waals surface area contributed by atoms with E-state index in [9.17, 15) is 4.79 Å². The Kier molecular flexibility index (Phi) is 4.92. The fourth-order valence-corrected chi connectivity index (χ4v) is 3.93. The Morgan fingerprint density at radius 3 is 2.71 bits per heavy atom. The first kappa shape index (κ1) is 18.3. The van der Waals surface area contributed by atoms with Crippen LogP contribution in [0.15, 0.2) is 48.1 Å². The zero-order valence-corrected chi connectivity index (χ0v) is 16.9. The van der Waals surface area contributed by atoms with Crippen molar-refractivity contribution in [2.45, 2.75) is 26.9 Å². The molecule has 0 unspecified atom stereocenters. The number of pyridine rings is 1. The molecule has 7 heteroatoms. The first-order valence-corrected chi connectivity index (χ1v) is 9.92. The van der Waals surface area contributed by atoms with Gasteiger partial charge in [-0.3, -0.25) is 14.5 Å². The fraction of sp³-hybridized carbons (Fsp3) is 0.238. The van der Waals surface area contributed by atoms with E-state index in [1.54, 1.807) is 23.7 Å². The summed E-state index contributed by atoms with van der Waals surface area (Å²) in [5.41, 5.74) is 4.53. The molecular formula is C21H21N5OS. The van der Waals surface area contributed by atoms with Crippen LogP contribution < -0.4 is 0 Å². The highest BCUT2D eigenvalue weighted by molar-refractivity contribution is 7.09. The number of hydrogen-bond donors (Lipinski definition) is 0. The molecule has 0 saturated heterocycles. The minimum atomic E-state index is -0.0592. The Balaban J connectivity index is 1.69. The van der Waals surface area contributed by atoms with Crippen LogP contribution in [0.25, 0.3) is 10.9 Å². The fourth-order valence-electron chi connectivity index (χ4n) is 3.30. The normalized spacial score (nSPS) is 11.1. The van der Waals surface area contributed by atoms with Crippen LogP contribution in [-0.2, 0) is 20.1 Å². The van der Waals surface area contributed by atoms with Gasteiger partial charge in [0.1, 0.15) is 5.01 Å². The Morgan fingerprint density at radius 2 is 2.00 bits per heavy atom. The predicted molar refractivity (Wildman–Crippen MR) is 110 cm³/mol. The third-order valence-electron chi connectivity index (χ3n) is 4.94. The minimum absolute atomic E-state index is 0.0592. The van der Waals surface area contributed by atoms with E-state index in [2.05, 4.69) is 15.1 Å². The average Bonchev–Trinajstić information content (AvgIpc) is 3.30. The van der Waals surface area contributed by atoms with Crippen LogP contribution in [0.1, 0.15) is 32.3 Å². The van der Waals surface area contributed by atoms with Crippen LogP contribution in [0.3, 0.4) is 0 Å². The number of amides is 1. The highest BCUT2D eigenvalue weighted by atomic mass is 32.1. The Hall–Kier alpha value is -3.06. The van der Waals surface area contributed by atoms with Gasteiger partial charge in [0.25, 0.3) is 5.91 Å². The smallest absolute Gasteiger partial charge is 0.256 e. The Morgan fingerprint density at radius 1 is 1.18 bits per heavy atom. The van der Waals surface area contributed by atoms with Crippen molar-refractivity contribution in [2.24, 2.45) is 7.05 Å². The topological polar surface area (TPSA) is 63.9 Å². The molecule has 0 spiro atoms. The minimum Gasteiger partial charge on any atom is -0.327 e. The molecule has 4 aromatic rings. The van der Waals surface area contributed by atoms with Crippen LogP contribution in [-0.4, -0.2) is 30.6 Å². The summed E-state index contributed by atoms with van der Waals surface area (Å²) in [6.07, 6.45) is 3.42. The van der Waals surface area contributed by atoms with Crippen molar-refractivity contribution < 1.29 is 4.79 Å². The summed E-state index contributed by atoms with van der Waals surface area (Å²) >= 11 is 1.55. The molecular weight excluding hydrogens is 370 g/mol. The van der Waals surface area contributed by atoms with Crippen molar-refractivity contribution in [3.8, 4) is 0 Å². The summed E-state index contributed by atoms with van der Waals surface area (Å²) in [7, 11) is 1.92. The lowest BCUT2D eigenvalue weighted by atomic mass is 10.1. The molecule has 1 amide bonds. The summed E-state index contributed by atoms with van der Waals surface area (Å²) in [5, 5.41) is 8.27. The van der Waals surface area contributed by atoms with E-state index in [4.69, 9.17) is 0 Å². The van der Waals surface area contributed by atoms with E-state index in [1.165, 1.54) is 0 Å². The predicted octanol–water partition coefficient (Wildman–Crippen LogP) is 3.88. The van der Waals surface area contributed by atoms with Gasteiger partial charge in [0.05, 0.1) is 29.9 Å². The van der Waals surface area contributed by atoms with Crippen LogP contribution in [0.5, 0.6) is 0 Å². The number of thiazole rings is 1. The second-order valence-corrected chi connectivity index (χ2v) is 7.76. The lowest BCUT2D eigenvalue weighted by Gasteiger charge is -2.22. The van der Waals surface area contributed by atoms with E-state index in [-0.39, 0.29) is 5.91 Å². The molecule has 6 nitrogen and oxygen atoms in total. The van der Waals surface area contributed by atoms with Gasteiger partial charge in [0, 0.05) is 41.5 Å². The quantitative estimate of drug-likeness (QED) is 0.518. The number of nitrogens with zero attached hydrogens (tertiary/aromatic N) is 5. The third kappa shape index (κ3) is 3.53. The van der Waals surface area contributed by atoms with Gasteiger partial charge in [-0.1, -0.05) is 18.2 Å². The number of para-hydroxylation sites is 1. The van der Waals surface area contributed by atoms with Crippen molar-refractivity contribution in [1.29, 1.82) is 0 Å². The number of fused-ring (bicyclic) bond motifs is 1. The van der Waals surface area contributed by atoms with Gasteiger partial charge in [-0.15, -0.1) is 11.3 Å². The van der Waals surface area contributed by atoms with Gasteiger partial charge in [0.15, 0.2) is 0 Å². The van der Waals surface area contributed by atoms with Crippen LogP contribution in [0.2, 0.25) is 0 Å². The highest BCUT2D eigenvalue weighted by Crippen LogP contribution is 2.21. The molecule has 0 radical (unpaired) electrons. The van der Waals surface area contributed by atoms with E-state index in [1.807, 2.05) is 66.2 Å². The molecule has 1 aromatic carbocycles. The van der Waals surface area contributed by atoms with Crippen molar-refractivity contribution in [3.05, 3.63) is 75.6 Å². The van der Waals surface area contributed by atoms with Gasteiger partial charge in [-0.2, -0.15) is 5.10 Å². The monoisotopic (exact) mass is 391 g/mol. The molecule has 4 rings (SSSR count). The molecule has 0 N–H and O–H groups in total. The molecule has 3 heterocycles. The van der Waals surface area contributed by atoms with Crippen molar-refractivity contribution in [2.75, 3.05) is 0 Å². The number of carbonyl (C=O) groups is 1. The first-order chi connectivity index (χ1) is 13.5. The SMILES string of the molecule is Cc1nn(C)c(C)c1CN(Cc1nccs1)C(=O)c1cnc2ccccc2c1. The number of carbonyl (C=O) groups excluding carboxylic acids is 1. The number of rotatable bonds is 5. The van der Waals surface area contributed by atoms with Gasteiger partial charge >= 0.3 is 0 Å². The van der Waals surface area contributed by atoms with Gasteiger partial charge in [-0.25, -0.2) is 4.98 Å². The van der Waals surface area contributed by atoms with Crippen molar-refractivity contribution in [3.63, 3.8) is 0 Å². The number of aromatic nitrogens is 4. The molecule has 28 heavy (non-hydrogen) atoms. The lowest BCUT2D eigenvalue weighted by Crippen LogP contribution is -2.30. The summed E-state index contributed by atoms with van der Waals surface area (Å²) in [6, 6.07) is 9.72. The lowest BCUT2D eigenvalue weighted by molar-refractivity contribution is 0.0729. The molecule has 0 aliphatic rings. The maximum Gasteiger partial charge on any atom is 0.256 e. The van der Waals surface area contributed by atoms with E-state index in [0.717, 1.165) is 32.9 Å². The molecule has 0 aliphatic heterocycles. The summed E-state index contributed by atoms with van der Waals surface area (Å²) in [6.45, 7) is 4.94. The first-order valence-electron chi connectivity index (χ1n) is 9.04.